The lowest BCUT2D eigenvalue weighted by Gasteiger charge is -2.25. The molecular weight excluding hydrogens is 411 g/mol. The predicted molar refractivity (Wildman–Crippen MR) is 121 cm³/mol. The van der Waals surface area contributed by atoms with Gasteiger partial charge in [-0.25, -0.2) is 0 Å². The van der Waals surface area contributed by atoms with Crippen LogP contribution in [0.3, 0.4) is 0 Å². The van der Waals surface area contributed by atoms with Gasteiger partial charge in [0.05, 0.1) is 24.5 Å². The third-order valence-electron chi connectivity index (χ3n) is 3.91. The topological polar surface area (TPSA) is 45.3 Å². The van der Waals surface area contributed by atoms with Crippen LogP contribution in [-0.4, -0.2) is 42.8 Å². The fourth-order valence-corrected chi connectivity index (χ4v) is 4.52. The highest BCUT2D eigenvalue weighted by atomic mass is 28.3. The van der Waals surface area contributed by atoms with E-state index in [0.29, 0.717) is 19.8 Å². The van der Waals surface area contributed by atoms with E-state index in [9.17, 15) is 13.2 Å². The highest BCUT2D eigenvalue weighted by molar-refractivity contribution is 6.74. The summed E-state index contributed by atoms with van der Waals surface area (Å²) in [6.07, 6.45) is -4.33. The van der Waals surface area contributed by atoms with Crippen LogP contribution in [0.4, 0.5) is 13.2 Å². The maximum atomic E-state index is 12.9. The molecule has 0 bridgehead atoms. The molecular formula is C20H36F3N3OSi2. The largest absolute Gasteiger partial charge is 0.416 e. The van der Waals surface area contributed by atoms with Crippen LogP contribution >= 0.6 is 0 Å². The van der Waals surface area contributed by atoms with E-state index in [1.807, 2.05) is 6.92 Å². The molecule has 1 aromatic carbocycles. The van der Waals surface area contributed by atoms with Crippen molar-refractivity contribution in [2.24, 2.45) is 0 Å². The number of benzene rings is 1. The summed E-state index contributed by atoms with van der Waals surface area (Å²) in [5, 5.41) is 3.34. The molecule has 0 saturated carbocycles. The van der Waals surface area contributed by atoms with Gasteiger partial charge < -0.3 is 20.0 Å². The van der Waals surface area contributed by atoms with Gasteiger partial charge in [-0.1, -0.05) is 51.4 Å². The second-order valence-corrected chi connectivity index (χ2v) is 18.8. The summed E-state index contributed by atoms with van der Waals surface area (Å²) >= 11 is 0. The lowest BCUT2D eigenvalue weighted by molar-refractivity contribution is -0.137. The number of nitrogens with one attached hydrogen (secondary N) is 3. The van der Waals surface area contributed by atoms with Gasteiger partial charge in [0.25, 0.3) is 0 Å². The molecule has 166 valence electrons. The molecule has 9 heteroatoms. The first-order valence-corrected chi connectivity index (χ1v) is 16.9. The summed E-state index contributed by atoms with van der Waals surface area (Å²) in [6.45, 7) is 17.8. The summed E-state index contributed by atoms with van der Waals surface area (Å²) in [7, 11) is -2.97. The van der Waals surface area contributed by atoms with Crippen molar-refractivity contribution in [3.8, 4) is 0 Å². The van der Waals surface area contributed by atoms with Crippen molar-refractivity contribution in [3.63, 3.8) is 0 Å². The van der Waals surface area contributed by atoms with Gasteiger partial charge in [0, 0.05) is 18.8 Å². The van der Waals surface area contributed by atoms with Crippen LogP contribution < -0.4 is 15.3 Å². The number of hydrogen-bond acceptors (Lipinski definition) is 4. The molecule has 4 nitrogen and oxygen atoms in total. The van der Waals surface area contributed by atoms with Gasteiger partial charge in [-0.3, -0.25) is 0 Å². The Kier molecular flexibility index (Phi) is 9.45. The maximum absolute atomic E-state index is 12.9. The molecule has 0 aliphatic rings. The van der Waals surface area contributed by atoms with Gasteiger partial charge in [0.15, 0.2) is 0 Å². The molecule has 0 atom stereocenters. The van der Waals surface area contributed by atoms with Crippen molar-refractivity contribution in [1.29, 1.82) is 0 Å². The first-order chi connectivity index (χ1) is 13.2. The van der Waals surface area contributed by atoms with Crippen molar-refractivity contribution < 1.29 is 17.9 Å². The van der Waals surface area contributed by atoms with E-state index in [4.69, 9.17) is 4.74 Å². The highest BCUT2D eigenvalue weighted by Crippen LogP contribution is 2.30. The number of alkyl halides is 3. The van der Waals surface area contributed by atoms with Crippen LogP contribution in [0, 0.1) is 0 Å². The molecule has 1 aromatic rings. The van der Waals surface area contributed by atoms with E-state index in [1.165, 1.54) is 12.1 Å². The van der Waals surface area contributed by atoms with Crippen LogP contribution in [0.15, 0.2) is 30.0 Å². The Morgan fingerprint density at radius 3 is 1.93 bits per heavy atom. The molecule has 0 aliphatic carbocycles. The van der Waals surface area contributed by atoms with Gasteiger partial charge in [0.1, 0.15) is 16.5 Å². The van der Waals surface area contributed by atoms with E-state index in [1.54, 1.807) is 0 Å². The lowest BCUT2D eigenvalue weighted by atomic mass is 10.1. The Balaban J connectivity index is 2.74. The summed E-state index contributed by atoms with van der Waals surface area (Å²) in [4.78, 5) is 7.04. The van der Waals surface area contributed by atoms with Crippen molar-refractivity contribution in [2.45, 2.75) is 52.4 Å². The summed E-state index contributed by atoms with van der Waals surface area (Å²) in [5.41, 5.74) is 1.85. The van der Waals surface area contributed by atoms with E-state index in [-0.39, 0.29) is 0 Å². The second-order valence-electron chi connectivity index (χ2n) is 9.17. The minimum atomic E-state index is -4.33. The van der Waals surface area contributed by atoms with E-state index >= 15 is 0 Å². The Labute approximate surface area is 175 Å². The maximum Gasteiger partial charge on any atom is 0.416 e. The van der Waals surface area contributed by atoms with Crippen LogP contribution in [0.25, 0.3) is 5.70 Å². The zero-order valence-electron chi connectivity index (χ0n) is 18.7. The summed E-state index contributed by atoms with van der Waals surface area (Å²) in [5.74, 6) is 0. The molecule has 1 rings (SSSR count). The molecule has 0 amide bonds. The van der Waals surface area contributed by atoms with Crippen molar-refractivity contribution >= 4 is 22.2 Å². The monoisotopic (exact) mass is 447 g/mol. The molecule has 0 spiro atoms. The fourth-order valence-electron chi connectivity index (χ4n) is 2.58. The third kappa shape index (κ3) is 10.9. The number of hydrogen-bond donors (Lipinski definition) is 3. The van der Waals surface area contributed by atoms with E-state index < -0.39 is 28.2 Å². The van der Waals surface area contributed by atoms with Gasteiger partial charge >= 0.3 is 6.18 Å². The summed E-state index contributed by atoms with van der Waals surface area (Å²) in [6, 6.07) is 5.30. The first-order valence-electron chi connectivity index (χ1n) is 9.92. The van der Waals surface area contributed by atoms with E-state index in [2.05, 4.69) is 54.6 Å². The molecule has 0 aliphatic heterocycles. The molecule has 0 aromatic heterocycles. The highest BCUT2D eigenvalue weighted by Gasteiger charge is 2.30. The Bertz CT molecular complexity index is 664. The van der Waals surface area contributed by atoms with Crippen LogP contribution in [0.1, 0.15) is 18.1 Å². The predicted octanol–water partition coefficient (Wildman–Crippen LogP) is 4.85. The molecule has 0 heterocycles. The number of rotatable bonds is 11. The number of allylic oxidation sites excluding steroid dienone is 1. The van der Waals surface area contributed by atoms with Crippen LogP contribution in [0.5, 0.6) is 0 Å². The average molecular weight is 448 g/mol. The lowest BCUT2D eigenvalue weighted by Crippen LogP contribution is -2.43. The normalized spacial score (nSPS) is 13.9. The van der Waals surface area contributed by atoms with Gasteiger partial charge in [-0.2, -0.15) is 13.2 Å². The minimum absolute atomic E-state index is 0.567. The first kappa shape index (κ1) is 25.7. The third-order valence-corrected chi connectivity index (χ3v) is 6.22. The van der Waals surface area contributed by atoms with Gasteiger partial charge in [-0.15, -0.1) is 0 Å². The standard InChI is InChI=1S/C20H36F3N3OSi2/c1-16(24-12-14-27-15-13-25-28(2,3)4)19(26-29(5,6)7)17-8-10-18(11-9-17)20(21,22)23/h8-11,24-26H,12-15H2,1-7H3/b19-16-. The zero-order chi connectivity index (χ0) is 22.3. The average Bonchev–Trinajstić information content (AvgIpc) is 2.56. The smallest absolute Gasteiger partial charge is 0.409 e. The van der Waals surface area contributed by atoms with Crippen molar-refractivity contribution in [3.05, 3.63) is 41.1 Å². The minimum Gasteiger partial charge on any atom is -0.409 e. The second kappa shape index (κ2) is 10.6. The molecule has 29 heavy (non-hydrogen) atoms. The fraction of sp³-hybridized carbons (Fsp3) is 0.600. The Hall–Kier alpha value is -1.30. The Morgan fingerprint density at radius 1 is 0.897 bits per heavy atom. The SMILES string of the molecule is C/C(NCCOCCN[Si](C)(C)C)=C(/N[Si](C)(C)C)c1ccc(C(F)(F)F)cc1. The molecule has 3 N–H and O–H groups in total. The molecule has 0 radical (unpaired) electrons. The van der Waals surface area contributed by atoms with Crippen LogP contribution in [-0.2, 0) is 10.9 Å². The number of halogens is 3. The quantitative estimate of drug-likeness (QED) is 0.335. The van der Waals surface area contributed by atoms with Crippen molar-refractivity contribution in [2.75, 3.05) is 26.3 Å². The van der Waals surface area contributed by atoms with Crippen molar-refractivity contribution in [1.82, 2.24) is 15.3 Å². The van der Waals surface area contributed by atoms with Gasteiger partial charge in [0.2, 0.25) is 0 Å². The Morgan fingerprint density at radius 2 is 1.45 bits per heavy atom. The van der Waals surface area contributed by atoms with Gasteiger partial charge in [-0.05, 0) is 24.6 Å². The van der Waals surface area contributed by atoms with Crippen LogP contribution in [0.2, 0.25) is 39.3 Å². The number of ether oxygens (including phenoxy) is 1. The molecule has 0 fully saturated rings. The van der Waals surface area contributed by atoms with E-state index in [0.717, 1.165) is 35.6 Å². The summed E-state index contributed by atoms with van der Waals surface area (Å²) < 4.78 is 44.2. The zero-order valence-corrected chi connectivity index (χ0v) is 20.7. The molecule has 0 unspecified atom stereocenters. The molecule has 0 saturated heterocycles.